The number of carbonyl (C=O) groups is 2. The second-order valence-electron chi connectivity index (χ2n) is 8.79. The molecule has 1 fully saturated rings. The van der Waals surface area contributed by atoms with Gasteiger partial charge < -0.3 is 5.73 Å². The van der Waals surface area contributed by atoms with Crippen LogP contribution in [-0.4, -0.2) is 29.3 Å². The van der Waals surface area contributed by atoms with Crippen LogP contribution in [0.1, 0.15) is 39.9 Å². The second kappa shape index (κ2) is 8.79. The van der Waals surface area contributed by atoms with E-state index in [1.54, 1.807) is 6.07 Å². The lowest BCUT2D eigenvalue weighted by atomic mass is 10.0. The first-order chi connectivity index (χ1) is 16.0. The van der Waals surface area contributed by atoms with Gasteiger partial charge in [-0.25, -0.2) is 4.39 Å². The molecule has 0 atom stereocenters. The number of para-hydroxylation sites is 2. The van der Waals surface area contributed by atoms with Crippen LogP contribution in [0.2, 0.25) is 0 Å². The molecule has 0 unspecified atom stereocenters. The van der Waals surface area contributed by atoms with Gasteiger partial charge in [0.2, 0.25) is 11.8 Å². The van der Waals surface area contributed by atoms with Crippen molar-refractivity contribution in [3.8, 4) is 0 Å². The van der Waals surface area contributed by atoms with E-state index in [0.29, 0.717) is 12.1 Å². The predicted molar refractivity (Wildman–Crippen MR) is 126 cm³/mol. The minimum atomic E-state index is -0.659. The molecule has 0 bridgehead atoms. The number of hydrogen-bond donors (Lipinski definition) is 1. The largest absolute Gasteiger partial charge is 0.366 e. The molecule has 5 nitrogen and oxygen atoms in total. The van der Waals surface area contributed by atoms with Gasteiger partial charge in [-0.05, 0) is 61.1 Å². The lowest BCUT2D eigenvalue weighted by molar-refractivity contribution is -0.119. The molecular formula is C27H26FN3O2. The molecule has 0 radical (unpaired) electrons. The molecule has 3 aromatic carbocycles. The molecule has 3 aromatic rings. The maximum Gasteiger partial charge on any atom is 0.248 e. The predicted octanol–water partition coefficient (Wildman–Crippen LogP) is 4.35. The first kappa shape index (κ1) is 21.3. The van der Waals surface area contributed by atoms with Gasteiger partial charge in [0.25, 0.3) is 0 Å². The number of rotatable bonds is 6. The fraction of sp³-hybridized carbons (Fsp3) is 0.259. The van der Waals surface area contributed by atoms with E-state index in [1.807, 2.05) is 46.2 Å². The van der Waals surface area contributed by atoms with Gasteiger partial charge in [0.05, 0.1) is 17.9 Å². The van der Waals surface area contributed by atoms with E-state index in [9.17, 15) is 14.0 Å². The van der Waals surface area contributed by atoms with Gasteiger partial charge in [0.15, 0.2) is 0 Å². The summed E-state index contributed by atoms with van der Waals surface area (Å²) >= 11 is 0. The zero-order valence-corrected chi connectivity index (χ0v) is 18.3. The number of halogens is 1. The van der Waals surface area contributed by atoms with Gasteiger partial charge in [0, 0.05) is 23.7 Å². The third-order valence-corrected chi connectivity index (χ3v) is 6.49. The summed E-state index contributed by atoms with van der Waals surface area (Å²) in [5, 5.41) is 0. The Morgan fingerprint density at radius 1 is 0.939 bits per heavy atom. The lowest BCUT2D eigenvalue weighted by Gasteiger charge is -2.29. The third kappa shape index (κ3) is 4.39. The van der Waals surface area contributed by atoms with E-state index in [-0.39, 0.29) is 24.1 Å². The molecule has 168 valence electrons. The topological polar surface area (TPSA) is 66.6 Å². The molecule has 5 rings (SSSR count). The summed E-state index contributed by atoms with van der Waals surface area (Å²) in [6, 6.07) is 20.6. The smallest absolute Gasteiger partial charge is 0.248 e. The number of amides is 2. The van der Waals surface area contributed by atoms with Crippen molar-refractivity contribution in [3.05, 3.63) is 94.8 Å². The summed E-state index contributed by atoms with van der Waals surface area (Å²) < 4.78 is 14.7. The Morgan fingerprint density at radius 2 is 1.55 bits per heavy atom. The van der Waals surface area contributed by atoms with Crippen molar-refractivity contribution >= 4 is 23.2 Å². The van der Waals surface area contributed by atoms with Crippen molar-refractivity contribution in [1.82, 2.24) is 4.90 Å². The maximum atomic E-state index is 14.7. The summed E-state index contributed by atoms with van der Waals surface area (Å²) in [7, 11) is 0. The molecule has 2 N–H and O–H groups in total. The van der Waals surface area contributed by atoms with Gasteiger partial charge >= 0.3 is 0 Å². The first-order valence-corrected chi connectivity index (χ1v) is 11.3. The van der Waals surface area contributed by atoms with Crippen LogP contribution in [0, 0.1) is 5.82 Å². The molecule has 2 aliphatic rings. The van der Waals surface area contributed by atoms with Crippen molar-refractivity contribution in [2.24, 2.45) is 5.73 Å². The standard InChI is InChI=1S/C27H26FN3O2/c28-23-15-20(27(29)33)11-12-21(23)16-30(22-13-14-22)17-26(32)31-24-7-3-1-5-18(24)9-10-19-6-2-4-8-25(19)31/h1-8,11-12,15,22H,9-10,13-14,16-17H2,(H2,29,33). The normalized spacial score (nSPS) is 15.0. The summed E-state index contributed by atoms with van der Waals surface area (Å²) in [4.78, 5) is 29.0. The molecule has 33 heavy (non-hydrogen) atoms. The highest BCUT2D eigenvalue weighted by atomic mass is 19.1. The molecule has 0 aromatic heterocycles. The Bertz CT molecular complexity index is 1170. The average Bonchev–Trinajstić information content (AvgIpc) is 3.66. The van der Waals surface area contributed by atoms with E-state index in [4.69, 9.17) is 5.73 Å². The second-order valence-corrected chi connectivity index (χ2v) is 8.79. The van der Waals surface area contributed by atoms with Crippen LogP contribution < -0.4 is 10.6 Å². The van der Waals surface area contributed by atoms with Crippen LogP contribution >= 0.6 is 0 Å². The Kier molecular flexibility index (Phi) is 5.68. The molecule has 6 heteroatoms. The number of nitrogens with two attached hydrogens (primary N) is 1. The van der Waals surface area contributed by atoms with Crippen LogP contribution in [0.5, 0.6) is 0 Å². The zero-order valence-electron chi connectivity index (χ0n) is 18.3. The van der Waals surface area contributed by atoms with Gasteiger partial charge in [-0.1, -0.05) is 42.5 Å². The monoisotopic (exact) mass is 443 g/mol. The molecule has 1 saturated carbocycles. The lowest BCUT2D eigenvalue weighted by Crippen LogP contribution is -2.39. The minimum Gasteiger partial charge on any atom is -0.366 e. The average molecular weight is 444 g/mol. The van der Waals surface area contributed by atoms with Gasteiger partial charge in [-0.3, -0.25) is 19.4 Å². The molecule has 1 aliphatic carbocycles. The Morgan fingerprint density at radius 3 is 2.09 bits per heavy atom. The summed E-state index contributed by atoms with van der Waals surface area (Å²) in [5.41, 5.74) is 9.99. The van der Waals surface area contributed by atoms with Crippen LogP contribution in [0.25, 0.3) is 0 Å². The molecular weight excluding hydrogens is 417 g/mol. The summed E-state index contributed by atoms with van der Waals surface area (Å²) in [5.74, 6) is -1.17. The highest BCUT2D eigenvalue weighted by Crippen LogP contribution is 2.37. The van der Waals surface area contributed by atoms with Crippen LogP contribution in [0.15, 0.2) is 66.7 Å². The van der Waals surface area contributed by atoms with E-state index in [1.165, 1.54) is 12.1 Å². The Hall–Kier alpha value is -3.51. The van der Waals surface area contributed by atoms with E-state index in [0.717, 1.165) is 48.2 Å². The van der Waals surface area contributed by atoms with Gasteiger partial charge in [-0.2, -0.15) is 0 Å². The van der Waals surface area contributed by atoms with Crippen molar-refractivity contribution in [3.63, 3.8) is 0 Å². The van der Waals surface area contributed by atoms with Crippen molar-refractivity contribution in [2.75, 3.05) is 11.4 Å². The highest BCUT2D eigenvalue weighted by molar-refractivity contribution is 6.03. The third-order valence-electron chi connectivity index (χ3n) is 6.49. The number of nitrogens with zero attached hydrogens (tertiary/aromatic N) is 2. The fourth-order valence-corrected chi connectivity index (χ4v) is 4.59. The number of carbonyl (C=O) groups excluding carboxylic acids is 2. The quantitative estimate of drug-likeness (QED) is 0.616. The van der Waals surface area contributed by atoms with E-state index >= 15 is 0 Å². The number of primary amides is 1. The van der Waals surface area contributed by atoms with Crippen molar-refractivity contribution in [2.45, 2.75) is 38.3 Å². The number of benzene rings is 3. The van der Waals surface area contributed by atoms with Crippen molar-refractivity contribution < 1.29 is 14.0 Å². The number of anilines is 2. The number of hydrogen-bond acceptors (Lipinski definition) is 3. The van der Waals surface area contributed by atoms with Crippen LogP contribution in [0.4, 0.5) is 15.8 Å². The van der Waals surface area contributed by atoms with Gasteiger partial charge in [0.1, 0.15) is 5.82 Å². The van der Waals surface area contributed by atoms with Crippen molar-refractivity contribution in [1.29, 1.82) is 0 Å². The van der Waals surface area contributed by atoms with Gasteiger partial charge in [-0.15, -0.1) is 0 Å². The molecule has 0 saturated heterocycles. The Labute approximate surface area is 192 Å². The summed E-state index contributed by atoms with van der Waals surface area (Å²) in [6.45, 7) is 0.489. The molecule has 0 spiro atoms. The van der Waals surface area contributed by atoms with E-state index in [2.05, 4.69) is 12.1 Å². The SMILES string of the molecule is NC(=O)c1ccc(CN(CC(=O)N2c3ccccc3CCc3ccccc32)C2CC2)c(F)c1. The Balaban J connectivity index is 1.44. The van der Waals surface area contributed by atoms with Crippen LogP contribution in [-0.2, 0) is 24.2 Å². The van der Waals surface area contributed by atoms with E-state index < -0.39 is 11.7 Å². The highest BCUT2D eigenvalue weighted by Gasteiger charge is 2.34. The zero-order chi connectivity index (χ0) is 22.9. The molecule has 1 heterocycles. The fourth-order valence-electron chi connectivity index (χ4n) is 4.59. The summed E-state index contributed by atoms with van der Waals surface area (Å²) in [6.07, 6.45) is 3.73. The molecule has 1 aliphatic heterocycles. The first-order valence-electron chi connectivity index (χ1n) is 11.3. The molecule has 2 amide bonds. The number of fused-ring (bicyclic) bond motifs is 2. The number of aryl methyl sites for hydroxylation is 2. The minimum absolute atomic E-state index is 0.0298. The maximum absolute atomic E-state index is 14.7. The van der Waals surface area contributed by atoms with Crippen LogP contribution in [0.3, 0.4) is 0 Å².